The molecule has 0 spiro atoms. The molecule has 1 unspecified atom stereocenters. The number of likely N-dealkylation sites (tertiary alicyclic amines) is 1. The first-order chi connectivity index (χ1) is 13.6. The van der Waals surface area contributed by atoms with Crippen LogP contribution in [-0.4, -0.2) is 36.4 Å². The number of hydrogen-bond acceptors (Lipinski definition) is 5. The lowest BCUT2D eigenvalue weighted by atomic mass is 10.1. The van der Waals surface area contributed by atoms with E-state index >= 15 is 0 Å². The quantitative estimate of drug-likeness (QED) is 0.706. The third kappa shape index (κ3) is 3.38. The van der Waals surface area contributed by atoms with Crippen molar-refractivity contribution in [3.63, 3.8) is 0 Å². The smallest absolute Gasteiger partial charge is 0.264 e. The number of carbonyl (C=O) groups is 2. The molecular weight excluding hydrogens is 376 g/mol. The van der Waals surface area contributed by atoms with Crippen molar-refractivity contribution in [2.45, 2.75) is 31.8 Å². The average Bonchev–Trinajstić information content (AvgIpc) is 3.46. The Morgan fingerprint density at radius 3 is 2.93 bits per heavy atom. The van der Waals surface area contributed by atoms with Crippen LogP contribution in [0, 0.1) is 0 Å². The van der Waals surface area contributed by atoms with E-state index in [1.54, 1.807) is 18.1 Å². The number of ether oxygens (including phenoxy) is 1. The number of methoxy groups -OCH3 is 1. The molecule has 1 N–H and O–H groups in total. The van der Waals surface area contributed by atoms with Crippen LogP contribution in [0.2, 0.25) is 0 Å². The molecule has 1 aliphatic heterocycles. The molecule has 4 rings (SSSR count). The number of amides is 2. The summed E-state index contributed by atoms with van der Waals surface area (Å²) in [6.07, 6.45) is 1.50. The zero-order chi connectivity index (χ0) is 19.7. The first kappa shape index (κ1) is 18.6. The monoisotopic (exact) mass is 398 g/mol. The van der Waals surface area contributed by atoms with Gasteiger partial charge in [0.2, 0.25) is 5.91 Å². The molecule has 0 saturated carbocycles. The van der Waals surface area contributed by atoms with Crippen LogP contribution in [0.4, 0.5) is 0 Å². The molecule has 6 nitrogen and oxygen atoms in total. The van der Waals surface area contributed by atoms with E-state index in [1.165, 1.54) is 11.3 Å². The lowest BCUT2D eigenvalue weighted by Gasteiger charge is -2.24. The molecule has 2 aromatic heterocycles. The van der Waals surface area contributed by atoms with E-state index in [2.05, 4.69) is 5.32 Å². The van der Waals surface area contributed by atoms with Gasteiger partial charge in [-0.15, -0.1) is 11.3 Å². The zero-order valence-corrected chi connectivity index (χ0v) is 16.6. The number of para-hydroxylation sites is 1. The van der Waals surface area contributed by atoms with Crippen LogP contribution in [-0.2, 0) is 4.79 Å². The summed E-state index contributed by atoms with van der Waals surface area (Å²) in [6.45, 7) is 2.48. The van der Waals surface area contributed by atoms with Crippen molar-refractivity contribution in [2.75, 3.05) is 13.7 Å². The Bertz CT molecular complexity index is 995. The largest absolute Gasteiger partial charge is 0.493 e. The Hall–Kier alpha value is -2.80. The van der Waals surface area contributed by atoms with Crippen LogP contribution >= 0.6 is 11.3 Å². The van der Waals surface area contributed by atoms with E-state index < -0.39 is 6.04 Å². The Kier molecular flexibility index (Phi) is 5.09. The maximum Gasteiger partial charge on any atom is 0.264 e. The van der Waals surface area contributed by atoms with E-state index in [4.69, 9.17) is 9.15 Å². The third-order valence-corrected chi connectivity index (χ3v) is 5.94. The number of hydrogen-bond donors (Lipinski definition) is 1. The minimum absolute atomic E-state index is 0.0752. The van der Waals surface area contributed by atoms with Crippen molar-refractivity contribution < 1.29 is 18.7 Å². The van der Waals surface area contributed by atoms with E-state index in [0.717, 1.165) is 11.8 Å². The highest BCUT2D eigenvalue weighted by atomic mass is 32.1. The van der Waals surface area contributed by atoms with Crippen molar-refractivity contribution >= 4 is 34.1 Å². The van der Waals surface area contributed by atoms with Gasteiger partial charge in [-0.3, -0.25) is 9.59 Å². The molecule has 146 valence electrons. The Morgan fingerprint density at radius 1 is 1.32 bits per heavy atom. The molecule has 3 aromatic rings. The van der Waals surface area contributed by atoms with Gasteiger partial charge in [0.25, 0.3) is 5.91 Å². The van der Waals surface area contributed by atoms with Crippen molar-refractivity contribution in [2.24, 2.45) is 0 Å². The number of nitrogens with one attached hydrogen (secondary N) is 1. The van der Waals surface area contributed by atoms with Gasteiger partial charge in [-0.2, -0.15) is 0 Å². The van der Waals surface area contributed by atoms with Gasteiger partial charge in [0.05, 0.1) is 18.0 Å². The first-order valence-electron chi connectivity index (χ1n) is 9.30. The normalized spacial score (nSPS) is 17.6. The van der Waals surface area contributed by atoms with E-state index in [1.807, 2.05) is 42.6 Å². The number of fused-ring (bicyclic) bond motifs is 1. The summed E-state index contributed by atoms with van der Waals surface area (Å²) in [7, 11) is 1.60. The summed E-state index contributed by atoms with van der Waals surface area (Å²) in [5.74, 6) is 1.09. The highest BCUT2D eigenvalue weighted by Crippen LogP contribution is 2.31. The number of carbonyl (C=O) groups excluding carboxylic acids is 2. The fourth-order valence-electron chi connectivity index (χ4n) is 3.64. The standard InChI is InChI=1S/C21H22N2O4S/c1-13(17-12-14-6-3-8-16(26-2)19(14)27-17)22-20(24)15-7-4-10-23(15)21(25)18-9-5-11-28-18/h3,5-6,8-9,11-13,15H,4,7,10H2,1-2H3,(H,22,24)/t13?,15-/m0/s1. The average molecular weight is 398 g/mol. The van der Waals surface area contributed by atoms with Gasteiger partial charge in [-0.05, 0) is 43.3 Å². The lowest BCUT2D eigenvalue weighted by molar-refractivity contribution is -0.125. The van der Waals surface area contributed by atoms with Crippen molar-refractivity contribution in [1.29, 1.82) is 0 Å². The molecule has 28 heavy (non-hydrogen) atoms. The number of rotatable bonds is 5. The summed E-state index contributed by atoms with van der Waals surface area (Å²) in [4.78, 5) is 27.9. The van der Waals surface area contributed by atoms with Gasteiger partial charge >= 0.3 is 0 Å². The molecule has 0 radical (unpaired) electrons. The van der Waals surface area contributed by atoms with Gasteiger partial charge in [-0.25, -0.2) is 0 Å². The van der Waals surface area contributed by atoms with Gasteiger partial charge in [0, 0.05) is 11.9 Å². The zero-order valence-electron chi connectivity index (χ0n) is 15.8. The van der Waals surface area contributed by atoms with Crippen LogP contribution in [0.15, 0.2) is 46.2 Å². The number of benzene rings is 1. The summed E-state index contributed by atoms with van der Waals surface area (Å²) < 4.78 is 11.3. The van der Waals surface area contributed by atoms with Crippen LogP contribution in [0.25, 0.3) is 11.0 Å². The molecule has 1 fully saturated rings. The van der Waals surface area contributed by atoms with Gasteiger partial charge in [-0.1, -0.05) is 18.2 Å². The maximum atomic E-state index is 12.9. The topological polar surface area (TPSA) is 71.8 Å². The van der Waals surface area contributed by atoms with Crippen molar-refractivity contribution in [3.05, 3.63) is 52.4 Å². The maximum absolute atomic E-state index is 12.9. The van der Waals surface area contributed by atoms with Crippen molar-refractivity contribution in [3.8, 4) is 5.75 Å². The number of thiophene rings is 1. The molecule has 1 aromatic carbocycles. The highest BCUT2D eigenvalue weighted by molar-refractivity contribution is 7.12. The fourth-order valence-corrected chi connectivity index (χ4v) is 4.31. The van der Waals surface area contributed by atoms with Gasteiger partial charge in [0.15, 0.2) is 11.3 Å². The molecular formula is C21H22N2O4S. The number of nitrogens with zero attached hydrogens (tertiary/aromatic N) is 1. The summed E-state index contributed by atoms with van der Waals surface area (Å²) >= 11 is 1.40. The first-order valence-corrected chi connectivity index (χ1v) is 10.2. The van der Waals surface area contributed by atoms with Crippen LogP contribution in [0.3, 0.4) is 0 Å². The molecule has 0 aliphatic carbocycles. The molecule has 2 atom stereocenters. The van der Waals surface area contributed by atoms with E-state index in [0.29, 0.717) is 34.9 Å². The number of furan rings is 1. The second kappa shape index (κ2) is 7.67. The van der Waals surface area contributed by atoms with Crippen molar-refractivity contribution in [1.82, 2.24) is 10.2 Å². The SMILES string of the molecule is COc1cccc2cc(C(C)NC(=O)[C@@H]3CCCN3C(=O)c3cccs3)oc12. The molecule has 1 aliphatic rings. The fraction of sp³-hybridized carbons (Fsp3) is 0.333. The molecule has 3 heterocycles. The molecule has 0 bridgehead atoms. The van der Waals surface area contributed by atoms with Crippen LogP contribution in [0.1, 0.15) is 41.2 Å². The van der Waals surface area contributed by atoms with Crippen LogP contribution in [0.5, 0.6) is 5.75 Å². The van der Waals surface area contributed by atoms with E-state index in [-0.39, 0.29) is 17.9 Å². The Balaban J connectivity index is 1.49. The molecule has 1 saturated heterocycles. The summed E-state index contributed by atoms with van der Waals surface area (Å²) in [5, 5.41) is 5.80. The van der Waals surface area contributed by atoms with Gasteiger partial charge in [0.1, 0.15) is 11.8 Å². The third-order valence-electron chi connectivity index (χ3n) is 5.08. The van der Waals surface area contributed by atoms with E-state index in [9.17, 15) is 9.59 Å². The minimum atomic E-state index is -0.448. The highest BCUT2D eigenvalue weighted by Gasteiger charge is 2.35. The minimum Gasteiger partial charge on any atom is -0.493 e. The summed E-state index contributed by atoms with van der Waals surface area (Å²) in [5.41, 5.74) is 0.663. The molecule has 7 heteroatoms. The van der Waals surface area contributed by atoms with Crippen LogP contribution < -0.4 is 10.1 Å². The molecule has 2 amide bonds. The predicted molar refractivity (Wildman–Crippen MR) is 108 cm³/mol. The Morgan fingerprint density at radius 2 is 2.18 bits per heavy atom. The Labute approximate surface area is 167 Å². The predicted octanol–water partition coefficient (Wildman–Crippen LogP) is 3.98. The summed E-state index contributed by atoms with van der Waals surface area (Å²) in [6, 6.07) is 10.5. The second-order valence-corrected chi connectivity index (χ2v) is 7.84. The lowest BCUT2D eigenvalue weighted by Crippen LogP contribution is -2.46. The van der Waals surface area contributed by atoms with Gasteiger partial charge < -0.3 is 19.4 Å². The second-order valence-electron chi connectivity index (χ2n) is 6.89.